The lowest BCUT2D eigenvalue weighted by atomic mass is 9.89. The van der Waals surface area contributed by atoms with Crippen LogP contribution >= 0.6 is 0 Å². The molecule has 3 fully saturated rings. The number of carbonyl (C=O) groups excluding carboxylic acids is 5. The molecule has 0 unspecified atom stereocenters. The van der Waals surface area contributed by atoms with Crippen molar-refractivity contribution in [3.8, 4) is 6.07 Å². The number of likely N-dealkylation sites (N-methyl/N-ethyl adjacent to an activating group) is 1. The summed E-state index contributed by atoms with van der Waals surface area (Å²) in [5, 5.41) is 17.4. The highest BCUT2D eigenvalue weighted by Crippen LogP contribution is 2.31. The normalized spacial score (nSPS) is 15.2. The van der Waals surface area contributed by atoms with E-state index in [4.69, 9.17) is 10.00 Å². The third kappa shape index (κ3) is 13.8. The molecule has 67 heavy (non-hydrogen) atoms. The van der Waals surface area contributed by atoms with Crippen molar-refractivity contribution in [2.75, 3.05) is 70.0 Å². The average Bonchev–Trinajstić information content (AvgIpc) is 3.29. The minimum Gasteiger partial charge on any atom is -0.444 e. The SMILES string of the molecule is Cc1ccc(C(=O)N2CCC(c3ccc(C#N)cc3)CC2)cc1NC(=O)N1CCC1.Cc1ccc(C(=O)N2CCC(c3ccc(F)cc3)CC2)cc1NC(=O)NCCN(C)C(=O)OC(C)(C)C. The third-order valence-electron chi connectivity index (χ3n) is 12.5. The van der Waals surface area contributed by atoms with Gasteiger partial charge < -0.3 is 40.3 Å². The number of nitriles is 1. The van der Waals surface area contributed by atoms with E-state index in [-0.39, 0.29) is 36.8 Å². The van der Waals surface area contributed by atoms with Gasteiger partial charge in [-0.2, -0.15) is 5.26 Å². The number of hydrogen-bond donors (Lipinski definition) is 3. The van der Waals surface area contributed by atoms with Crippen LogP contribution in [0.25, 0.3) is 0 Å². The molecule has 0 aromatic heterocycles. The zero-order chi connectivity index (χ0) is 48.3. The lowest BCUT2D eigenvalue weighted by molar-refractivity contribution is 0.0301. The number of hydrogen-bond acceptors (Lipinski definition) is 7. The zero-order valence-corrected chi connectivity index (χ0v) is 39.5. The summed E-state index contributed by atoms with van der Waals surface area (Å²) in [6.07, 6.45) is 4.02. The Hall–Kier alpha value is -6.95. The summed E-state index contributed by atoms with van der Waals surface area (Å²) >= 11 is 0. The number of carbonyl (C=O) groups is 5. The van der Waals surface area contributed by atoms with Gasteiger partial charge in [0, 0.05) is 81.9 Å². The third-order valence-corrected chi connectivity index (χ3v) is 12.5. The number of nitrogens with one attached hydrogen (secondary N) is 3. The monoisotopic (exact) mass is 914 g/mol. The van der Waals surface area contributed by atoms with E-state index in [2.05, 4.69) is 22.0 Å². The number of piperidine rings is 2. The van der Waals surface area contributed by atoms with Gasteiger partial charge in [-0.1, -0.05) is 36.4 Å². The van der Waals surface area contributed by atoms with E-state index in [1.807, 2.05) is 78.2 Å². The van der Waals surface area contributed by atoms with Crippen molar-refractivity contribution in [2.45, 2.75) is 84.2 Å². The number of aryl methyl sites for hydroxylation is 2. The van der Waals surface area contributed by atoms with E-state index in [1.165, 1.54) is 22.6 Å². The first-order valence-corrected chi connectivity index (χ1v) is 23.1. The lowest BCUT2D eigenvalue weighted by Crippen LogP contribution is -2.44. The summed E-state index contributed by atoms with van der Waals surface area (Å²) in [6, 6.07) is 26.7. The summed E-state index contributed by atoms with van der Waals surface area (Å²) in [5.41, 5.74) is 6.54. The molecule has 4 aromatic carbocycles. The summed E-state index contributed by atoms with van der Waals surface area (Å²) < 4.78 is 18.5. The molecule has 0 bridgehead atoms. The van der Waals surface area contributed by atoms with Gasteiger partial charge in [0.25, 0.3) is 11.8 Å². The maximum absolute atomic E-state index is 13.2. The molecule has 3 N–H and O–H groups in total. The van der Waals surface area contributed by atoms with Crippen LogP contribution in [0.3, 0.4) is 0 Å². The summed E-state index contributed by atoms with van der Waals surface area (Å²) in [4.78, 5) is 69.8. The number of amides is 7. The molecule has 3 aliphatic heterocycles. The Kier molecular flexibility index (Phi) is 16.6. The highest BCUT2D eigenvalue weighted by Gasteiger charge is 2.28. The molecule has 15 heteroatoms. The van der Waals surface area contributed by atoms with Gasteiger partial charge >= 0.3 is 18.2 Å². The smallest absolute Gasteiger partial charge is 0.410 e. The second-order valence-corrected chi connectivity index (χ2v) is 18.5. The average molecular weight is 915 g/mol. The minimum absolute atomic E-state index is 0.00716. The van der Waals surface area contributed by atoms with Crippen molar-refractivity contribution in [3.05, 3.63) is 130 Å². The maximum atomic E-state index is 13.2. The predicted molar refractivity (Wildman–Crippen MR) is 257 cm³/mol. The molecule has 7 rings (SSSR count). The number of likely N-dealkylation sites (tertiary alicyclic amines) is 3. The van der Waals surface area contributed by atoms with E-state index in [0.29, 0.717) is 66.1 Å². The van der Waals surface area contributed by atoms with Crippen molar-refractivity contribution in [2.24, 2.45) is 0 Å². The largest absolute Gasteiger partial charge is 0.444 e. The molecule has 7 amide bonds. The molecule has 3 saturated heterocycles. The van der Waals surface area contributed by atoms with Crippen molar-refractivity contribution in [3.63, 3.8) is 0 Å². The van der Waals surface area contributed by atoms with Gasteiger partial charge in [0.2, 0.25) is 0 Å². The standard InChI is InChI=1S/C28H37FN4O4.C24H26N4O2/c1-19-6-7-22(25(34)33-15-12-21(13-16-33)20-8-10-23(29)11-9-20)18-24(19)31-26(35)30-14-17-32(5)27(36)37-28(2,3)4;1-17-3-6-21(15-22(17)26-24(30)28-11-2-12-28)23(29)27-13-9-20(10-14-27)19-7-4-18(16-25)5-8-19/h6-11,18,21H,12-17H2,1-5H3,(H2,30,31,35);3-8,15,20H,2,9-14H2,1H3,(H,26,30). The van der Waals surface area contributed by atoms with E-state index in [0.717, 1.165) is 61.9 Å². The molecule has 0 spiro atoms. The fourth-order valence-corrected chi connectivity index (χ4v) is 8.19. The Bertz CT molecular complexity index is 2430. The fourth-order valence-electron chi connectivity index (χ4n) is 8.19. The minimum atomic E-state index is -0.589. The Morgan fingerprint density at radius 3 is 1.63 bits per heavy atom. The fraction of sp³-hybridized carbons (Fsp3) is 0.423. The Balaban J connectivity index is 0.000000225. The highest BCUT2D eigenvalue weighted by molar-refractivity contribution is 5.98. The van der Waals surface area contributed by atoms with E-state index in [1.54, 1.807) is 50.9 Å². The Labute approximate surface area is 393 Å². The van der Waals surface area contributed by atoms with Gasteiger partial charge in [-0.3, -0.25) is 9.59 Å². The molecule has 3 heterocycles. The molecule has 4 aromatic rings. The number of benzene rings is 4. The van der Waals surface area contributed by atoms with Crippen molar-refractivity contribution < 1.29 is 33.1 Å². The second-order valence-electron chi connectivity index (χ2n) is 18.5. The number of anilines is 2. The number of rotatable bonds is 9. The van der Waals surface area contributed by atoms with Crippen LogP contribution in [-0.4, -0.2) is 115 Å². The second kappa shape index (κ2) is 22.5. The van der Waals surface area contributed by atoms with Gasteiger partial charge in [0.1, 0.15) is 11.4 Å². The number of halogens is 1. The van der Waals surface area contributed by atoms with Crippen molar-refractivity contribution in [1.82, 2.24) is 24.9 Å². The zero-order valence-electron chi connectivity index (χ0n) is 39.5. The first kappa shape index (κ1) is 49.5. The topological polar surface area (TPSA) is 167 Å². The van der Waals surface area contributed by atoms with Crippen LogP contribution < -0.4 is 16.0 Å². The molecule has 3 aliphatic rings. The lowest BCUT2D eigenvalue weighted by Gasteiger charge is -2.33. The summed E-state index contributed by atoms with van der Waals surface area (Å²) in [6.45, 7) is 13.9. The van der Waals surface area contributed by atoms with E-state index in [9.17, 15) is 28.4 Å². The molecule has 0 saturated carbocycles. The first-order chi connectivity index (χ1) is 32.0. The molecule has 0 atom stereocenters. The summed E-state index contributed by atoms with van der Waals surface area (Å²) in [5.74, 6) is 0.388. The highest BCUT2D eigenvalue weighted by atomic mass is 19.1. The molecular formula is C52H63FN8O6. The van der Waals surface area contributed by atoms with Gasteiger partial charge in [-0.25, -0.2) is 18.8 Å². The summed E-state index contributed by atoms with van der Waals surface area (Å²) in [7, 11) is 1.61. The van der Waals surface area contributed by atoms with Crippen LogP contribution in [-0.2, 0) is 4.74 Å². The predicted octanol–water partition coefficient (Wildman–Crippen LogP) is 9.27. The molecule has 14 nitrogen and oxygen atoms in total. The Morgan fingerprint density at radius 1 is 0.701 bits per heavy atom. The van der Waals surface area contributed by atoms with Crippen LogP contribution in [0.2, 0.25) is 0 Å². The van der Waals surface area contributed by atoms with Gasteiger partial charge in [0.05, 0.1) is 11.6 Å². The number of ether oxygens (including phenoxy) is 1. The first-order valence-electron chi connectivity index (χ1n) is 23.1. The Morgan fingerprint density at radius 2 is 1.18 bits per heavy atom. The van der Waals surface area contributed by atoms with Crippen LogP contribution in [0, 0.1) is 31.0 Å². The molecule has 354 valence electrons. The van der Waals surface area contributed by atoms with Crippen molar-refractivity contribution in [1.29, 1.82) is 5.26 Å². The van der Waals surface area contributed by atoms with Crippen molar-refractivity contribution >= 4 is 41.3 Å². The van der Waals surface area contributed by atoms with E-state index < -0.39 is 17.7 Å². The van der Waals surface area contributed by atoms with Gasteiger partial charge in [-0.05, 0) is 149 Å². The van der Waals surface area contributed by atoms with Gasteiger partial charge in [-0.15, -0.1) is 0 Å². The van der Waals surface area contributed by atoms with Crippen LogP contribution in [0.15, 0.2) is 84.9 Å². The van der Waals surface area contributed by atoms with Crippen LogP contribution in [0.5, 0.6) is 0 Å². The maximum Gasteiger partial charge on any atom is 0.410 e. The van der Waals surface area contributed by atoms with Gasteiger partial charge in [0.15, 0.2) is 0 Å². The van der Waals surface area contributed by atoms with E-state index >= 15 is 0 Å². The number of urea groups is 2. The number of nitrogens with zero attached hydrogens (tertiary/aromatic N) is 5. The quantitative estimate of drug-likeness (QED) is 0.150. The molecular weight excluding hydrogens is 852 g/mol. The van der Waals surface area contributed by atoms with Crippen LogP contribution in [0.4, 0.5) is 30.1 Å². The molecule has 0 radical (unpaired) electrons. The van der Waals surface area contributed by atoms with Crippen LogP contribution in [0.1, 0.15) is 113 Å². The molecule has 0 aliphatic carbocycles.